The molecule has 3 aromatic rings. The van der Waals surface area contributed by atoms with Crippen LogP contribution in [0.1, 0.15) is 30.1 Å². The smallest absolute Gasteiger partial charge is 0.261 e. The summed E-state index contributed by atoms with van der Waals surface area (Å²) in [5.41, 5.74) is 1.70. The van der Waals surface area contributed by atoms with E-state index in [1.54, 1.807) is 30.3 Å². The number of nitrogens with one attached hydrogen (secondary N) is 3. The van der Waals surface area contributed by atoms with E-state index >= 15 is 0 Å². The summed E-state index contributed by atoms with van der Waals surface area (Å²) in [6, 6.07) is 18.5. The fraction of sp³-hybridized carbons (Fsp3) is 0.174. The molecule has 3 N–H and O–H groups in total. The average molecular weight is 422 g/mol. The van der Waals surface area contributed by atoms with E-state index in [2.05, 4.69) is 16.0 Å². The zero-order valence-electron chi connectivity index (χ0n) is 16.8. The van der Waals surface area contributed by atoms with E-state index in [9.17, 15) is 9.59 Å². The molecule has 0 saturated carbocycles. The molecule has 3 rings (SSSR count). The Balaban J connectivity index is 1.70. The molecular weight excluding hydrogens is 398 g/mol. The van der Waals surface area contributed by atoms with Gasteiger partial charge in [0.1, 0.15) is 5.75 Å². The van der Waals surface area contributed by atoms with Crippen molar-refractivity contribution in [3.63, 3.8) is 0 Å². The predicted molar refractivity (Wildman–Crippen MR) is 124 cm³/mol. The number of anilines is 2. The minimum atomic E-state index is -0.373. The molecule has 7 heteroatoms. The molecule has 0 aliphatic carbocycles. The first-order valence-electron chi connectivity index (χ1n) is 9.59. The highest BCUT2D eigenvalue weighted by Gasteiger charge is 2.15. The van der Waals surface area contributed by atoms with Crippen molar-refractivity contribution < 1.29 is 14.3 Å². The minimum absolute atomic E-state index is 0.0473. The molecule has 0 aromatic heterocycles. The second-order valence-corrected chi connectivity index (χ2v) is 7.10. The van der Waals surface area contributed by atoms with Crippen LogP contribution in [-0.4, -0.2) is 24.0 Å². The molecule has 6 nitrogen and oxygen atoms in total. The molecule has 0 spiro atoms. The summed E-state index contributed by atoms with van der Waals surface area (Å²) in [6.45, 7) is 1.95. The van der Waals surface area contributed by atoms with Gasteiger partial charge in [-0.15, -0.1) is 0 Å². The summed E-state index contributed by atoms with van der Waals surface area (Å²) >= 11 is 5.29. The number of hydrogen-bond acceptors (Lipinski definition) is 4. The maximum atomic E-state index is 12.8. The maximum Gasteiger partial charge on any atom is 0.261 e. The van der Waals surface area contributed by atoms with Gasteiger partial charge in [0, 0.05) is 17.8 Å². The molecular formula is C23H23N3O3S. The monoisotopic (exact) mass is 421 g/mol. The van der Waals surface area contributed by atoms with Gasteiger partial charge in [0.15, 0.2) is 5.11 Å². The van der Waals surface area contributed by atoms with Crippen molar-refractivity contribution in [2.75, 3.05) is 17.7 Å². The standard InChI is InChI=1S/C23H23N3O3S/c1-3-7-21(27)24-17-10-6-11-18(14-17)25-23(30)26-22(28)19-12-15-8-4-5-9-16(15)13-20(19)29-2/h4-6,8-14H,3,7H2,1-2H3,(H,24,27)(H2,25,26,28,30). The fourth-order valence-corrected chi connectivity index (χ4v) is 3.23. The van der Waals surface area contributed by atoms with Crippen LogP contribution >= 0.6 is 12.2 Å². The Bertz CT molecular complexity index is 1100. The third kappa shape index (κ3) is 5.33. The van der Waals surface area contributed by atoms with Crippen molar-refractivity contribution in [1.29, 1.82) is 0 Å². The highest BCUT2D eigenvalue weighted by Crippen LogP contribution is 2.26. The second-order valence-electron chi connectivity index (χ2n) is 6.69. The lowest BCUT2D eigenvalue weighted by Crippen LogP contribution is -2.34. The first kappa shape index (κ1) is 21.3. The van der Waals surface area contributed by atoms with Crippen LogP contribution in [0.25, 0.3) is 10.8 Å². The molecule has 3 aromatic carbocycles. The van der Waals surface area contributed by atoms with E-state index in [4.69, 9.17) is 17.0 Å². The molecule has 0 saturated heterocycles. The molecule has 0 heterocycles. The molecule has 0 radical (unpaired) electrons. The highest BCUT2D eigenvalue weighted by atomic mass is 32.1. The van der Waals surface area contributed by atoms with Crippen molar-refractivity contribution in [1.82, 2.24) is 5.32 Å². The second kappa shape index (κ2) is 9.84. The normalized spacial score (nSPS) is 10.3. The number of amides is 2. The van der Waals surface area contributed by atoms with Crippen molar-refractivity contribution in [3.05, 3.63) is 66.2 Å². The van der Waals surface area contributed by atoms with Crippen LogP contribution in [0, 0.1) is 0 Å². The third-order valence-corrected chi connectivity index (χ3v) is 4.62. The number of carbonyl (C=O) groups is 2. The molecule has 2 amide bonds. The number of benzene rings is 3. The van der Waals surface area contributed by atoms with Gasteiger partial charge in [-0.25, -0.2) is 0 Å². The first-order valence-corrected chi connectivity index (χ1v) is 10.00. The Labute approximate surface area is 180 Å². The van der Waals surface area contributed by atoms with Gasteiger partial charge in [-0.2, -0.15) is 0 Å². The lowest BCUT2D eigenvalue weighted by Gasteiger charge is -2.13. The Kier molecular flexibility index (Phi) is 6.98. The van der Waals surface area contributed by atoms with Crippen molar-refractivity contribution in [3.8, 4) is 5.75 Å². The van der Waals surface area contributed by atoms with Gasteiger partial charge in [0.25, 0.3) is 5.91 Å². The number of fused-ring (bicyclic) bond motifs is 1. The van der Waals surface area contributed by atoms with Crippen LogP contribution in [0.5, 0.6) is 5.75 Å². The van der Waals surface area contributed by atoms with Crippen molar-refractivity contribution in [2.45, 2.75) is 19.8 Å². The van der Waals surface area contributed by atoms with Gasteiger partial charge in [-0.1, -0.05) is 37.3 Å². The van der Waals surface area contributed by atoms with Crippen LogP contribution in [-0.2, 0) is 4.79 Å². The summed E-state index contributed by atoms with van der Waals surface area (Å²) in [4.78, 5) is 24.6. The fourth-order valence-electron chi connectivity index (χ4n) is 3.02. The number of methoxy groups -OCH3 is 1. The molecule has 30 heavy (non-hydrogen) atoms. The van der Waals surface area contributed by atoms with Crippen LogP contribution in [0.15, 0.2) is 60.7 Å². The van der Waals surface area contributed by atoms with E-state index < -0.39 is 0 Å². The summed E-state index contributed by atoms with van der Waals surface area (Å²) in [6.07, 6.45) is 1.23. The van der Waals surface area contributed by atoms with E-state index in [1.807, 2.05) is 37.3 Å². The van der Waals surface area contributed by atoms with Crippen molar-refractivity contribution >= 4 is 51.3 Å². The molecule has 0 fully saturated rings. The number of carbonyl (C=O) groups excluding carboxylic acids is 2. The number of rotatable bonds is 6. The Morgan fingerprint density at radius 2 is 1.60 bits per heavy atom. The van der Waals surface area contributed by atoms with Crippen LogP contribution in [0.4, 0.5) is 11.4 Å². The zero-order chi connectivity index (χ0) is 21.5. The summed E-state index contributed by atoms with van der Waals surface area (Å²) < 4.78 is 5.38. The minimum Gasteiger partial charge on any atom is -0.496 e. The molecule has 0 aliphatic rings. The Morgan fingerprint density at radius 3 is 2.27 bits per heavy atom. The Hall–Kier alpha value is -3.45. The highest BCUT2D eigenvalue weighted by molar-refractivity contribution is 7.80. The largest absolute Gasteiger partial charge is 0.496 e. The van der Waals surface area contributed by atoms with Gasteiger partial charge in [0.2, 0.25) is 5.91 Å². The van der Waals surface area contributed by atoms with Gasteiger partial charge in [-0.05, 0) is 59.7 Å². The first-order chi connectivity index (χ1) is 14.5. The van der Waals surface area contributed by atoms with E-state index in [0.29, 0.717) is 29.1 Å². The number of thiocarbonyl (C=S) groups is 1. The molecule has 0 unspecified atom stereocenters. The molecule has 0 aliphatic heterocycles. The topological polar surface area (TPSA) is 79.5 Å². The van der Waals surface area contributed by atoms with Gasteiger partial charge in [0.05, 0.1) is 12.7 Å². The average Bonchev–Trinajstić information content (AvgIpc) is 2.73. The predicted octanol–water partition coefficient (Wildman–Crippen LogP) is 4.71. The van der Waals surface area contributed by atoms with Crippen LogP contribution < -0.4 is 20.7 Å². The zero-order valence-corrected chi connectivity index (χ0v) is 17.6. The van der Waals surface area contributed by atoms with Crippen LogP contribution in [0.2, 0.25) is 0 Å². The molecule has 154 valence electrons. The lowest BCUT2D eigenvalue weighted by atomic mass is 10.1. The summed E-state index contributed by atoms with van der Waals surface area (Å²) in [7, 11) is 1.52. The summed E-state index contributed by atoms with van der Waals surface area (Å²) in [5, 5.41) is 10.5. The quantitative estimate of drug-likeness (QED) is 0.502. The number of hydrogen-bond donors (Lipinski definition) is 3. The molecule has 0 bridgehead atoms. The van der Waals surface area contributed by atoms with Gasteiger partial charge < -0.3 is 15.4 Å². The Morgan fingerprint density at radius 1 is 0.933 bits per heavy atom. The SMILES string of the molecule is CCCC(=O)Nc1cccc(NC(=S)NC(=O)c2cc3ccccc3cc2OC)c1. The van der Waals surface area contributed by atoms with E-state index in [0.717, 1.165) is 17.2 Å². The number of ether oxygens (including phenoxy) is 1. The third-order valence-electron chi connectivity index (χ3n) is 4.42. The maximum absolute atomic E-state index is 12.8. The summed E-state index contributed by atoms with van der Waals surface area (Å²) in [5.74, 6) is 0.0473. The molecule has 0 atom stereocenters. The van der Waals surface area contributed by atoms with E-state index in [-0.39, 0.29) is 16.9 Å². The van der Waals surface area contributed by atoms with Gasteiger partial charge in [-0.3, -0.25) is 14.9 Å². The lowest BCUT2D eigenvalue weighted by molar-refractivity contribution is -0.116. The van der Waals surface area contributed by atoms with Crippen LogP contribution in [0.3, 0.4) is 0 Å². The van der Waals surface area contributed by atoms with Crippen molar-refractivity contribution in [2.24, 2.45) is 0 Å². The van der Waals surface area contributed by atoms with Gasteiger partial charge >= 0.3 is 0 Å². The van der Waals surface area contributed by atoms with E-state index in [1.165, 1.54) is 7.11 Å².